The fourth-order valence-corrected chi connectivity index (χ4v) is 2.90. The molecule has 1 aromatic heterocycles. The number of rotatable bonds is 6. The van der Waals surface area contributed by atoms with Crippen LogP contribution in [0.4, 0.5) is 0 Å². The van der Waals surface area contributed by atoms with Gasteiger partial charge in [-0.25, -0.2) is 4.98 Å². The molecule has 0 saturated heterocycles. The highest BCUT2D eigenvalue weighted by atomic mass is 32.1. The van der Waals surface area contributed by atoms with E-state index in [0.29, 0.717) is 17.9 Å². The zero-order valence-electron chi connectivity index (χ0n) is 12.8. The Bertz CT molecular complexity index is 502. The lowest BCUT2D eigenvalue weighted by molar-refractivity contribution is 0.536. The second-order valence-electron chi connectivity index (χ2n) is 5.72. The molecule has 1 N–H and O–H groups in total. The summed E-state index contributed by atoms with van der Waals surface area (Å²) in [5.41, 5.74) is 2.75. The highest BCUT2D eigenvalue weighted by molar-refractivity contribution is 7.09. The lowest BCUT2D eigenvalue weighted by Crippen LogP contribution is -2.23. The van der Waals surface area contributed by atoms with Crippen LogP contribution in [0.1, 0.15) is 61.7 Å². The Balaban J connectivity index is 1.89. The van der Waals surface area contributed by atoms with E-state index in [-0.39, 0.29) is 0 Å². The molecular weight excluding hydrogens is 264 g/mol. The Morgan fingerprint density at radius 3 is 2.25 bits per heavy atom. The van der Waals surface area contributed by atoms with Gasteiger partial charge < -0.3 is 5.32 Å². The monoisotopic (exact) mass is 288 g/mol. The van der Waals surface area contributed by atoms with E-state index in [1.54, 1.807) is 11.3 Å². The largest absolute Gasteiger partial charge is 0.310 e. The van der Waals surface area contributed by atoms with Gasteiger partial charge in [-0.2, -0.15) is 0 Å². The third-order valence-corrected chi connectivity index (χ3v) is 4.71. The quantitative estimate of drug-likeness (QED) is 0.832. The molecule has 0 amide bonds. The molecule has 0 aliphatic rings. The third-order valence-electron chi connectivity index (χ3n) is 3.71. The van der Waals surface area contributed by atoms with Gasteiger partial charge in [0.25, 0.3) is 0 Å². The summed E-state index contributed by atoms with van der Waals surface area (Å²) in [5.74, 6) is 1.06. The van der Waals surface area contributed by atoms with Crippen molar-refractivity contribution >= 4 is 11.3 Å². The summed E-state index contributed by atoms with van der Waals surface area (Å²) >= 11 is 1.73. The molecule has 2 atom stereocenters. The molecule has 108 valence electrons. The first kappa shape index (κ1) is 15.2. The van der Waals surface area contributed by atoms with E-state index < -0.39 is 0 Å². The van der Waals surface area contributed by atoms with Gasteiger partial charge in [0.15, 0.2) is 0 Å². The third kappa shape index (κ3) is 3.90. The number of hydrogen-bond acceptors (Lipinski definition) is 3. The first-order chi connectivity index (χ1) is 9.58. The maximum atomic E-state index is 4.38. The highest BCUT2D eigenvalue weighted by Crippen LogP contribution is 2.20. The van der Waals surface area contributed by atoms with Gasteiger partial charge in [0.2, 0.25) is 0 Å². The normalized spacial score (nSPS) is 14.4. The van der Waals surface area contributed by atoms with Gasteiger partial charge in [-0.15, -0.1) is 11.3 Å². The van der Waals surface area contributed by atoms with Crippen LogP contribution >= 0.6 is 11.3 Å². The van der Waals surface area contributed by atoms with Crippen molar-refractivity contribution in [3.05, 3.63) is 52.0 Å². The zero-order valence-corrected chi connectivity index (χ0v) is 13.6. The average Bonchev–Trinajstić information content (AvgIpc) is 2.98. The van der Waals surface area contributed by atoms with Crippen molar-refractivity contribution in [2.24, 2.45) is 0 Å². The van der Waals surface area contributed by atoms with Gasteiger partial charge in [-0.05, 0) is 24.0 Å². The Kier molecular flexibility index (Phi) is 5.32. The van der Waals surface area contributed by atoms with Crippen molar-refractivity contribution in [2.75, 3.05) is 6.54 Å². The van der Waals surface area contributed by atoms with Crippen LogP contribution in [0.3, 0.4) is 0 Å². The van der Waals surface area contributed by atoms with Crippen LogP contribution < -0.4 is 5.32 Å². The minimum absolute atomic E-state index is 0.374. The summed E-state index contributed by atoms with van der Waals surface area (Å²) in [7, 11) is 0. The minimum atomic E-state index is 0.374. The van der Waals surface area contributed by atoms with E-state index in [1.165, 1.54) is 16.1 Å². The molecule has 2 unspecified atom stereocenters. The highest BCUT2D eigenvalue weighted by Gasteiger charge is 2.11. The van der Waals surface area contributed by atoms with E-state index in [4.69, 9.17) is 0 Å². The molecule has 1 heterocycles. The SMILES string of the molecule is CC(C)c1ccc(C(C)NCC(C)c2nccs2)cc1. The van der Waals surface area contributed by atoms with Gasteiger partial charge in [0.05, 0.1) is 5.01 Å². The molecular formula is C17H24N2S. The van der Waals surface area contributed by atoms with Crippen molar-refractivity contribution in [2.45, 2.75) is 45.6 Å². The van der Waals surface area contributed by atoms with E-state index >= 15 is 0 Å². The van der Waals surface area contributed by atoms with Crippen LogP contribution in [-0.4, -0.2) is 11.5 Å². The molecule has 0 aliphatic carbocycles. The van der Waals surface area contributed by atoms with E-state index in [9.17, 15) is 0 Å². The predicted octanol–water partition coefficient (Wildman–Crippen LogP) is 4.72. The number of aromatic nitrogens is 1. The van der Waals surface area contributed by atoms with E-state index in [1.807, 2.05) is 11.6 Å². The minimum Gasteiger partial charge on any atom is -0.310 e. The molecule has 0 bridgehead atoms. The molecule has 0 spiro atoms. The van der Waals surface area contributed by atoms with Crippen LogP contribution in [0.5, 0.6) is 0 Å². The lowest BCUT2D eigenvalue weighted by atomic mass is 9.99. The molecule has 2 rings (SSSR count). The van der Waals surface area contributed by atoms with Crippen molar-refractivity contribution in [3.8, 4) is 0 Å². The smallest absolute Gasteiger partial charge is 0.0965 e. The Morgan fingerprint density at radius 2 is 1.70 bits per heavy atom. The molecule has 1 aromatic carbocycles. The fraction of sp³-hybridized carbons (Fsp3) is 0.471. The standard InChI is InChI=1S/C17H24N2S/c1-12(2)15-5-7-16(8-6-15)14(4)19-11-13(3)17-18-9-10-20-17/h5-10,12-14,19H,11H2,1-4H3. The first-order valence-electron chi connectivity index (χ1n) is 7.30. The van der Waals surface area contributed by atoms with Gasteiger partial charge in [-0.3, -0.25) is 0 Å². The molecule has 0 radical (unpaired) electrons. The van der Waals surface area contributed by atoms with E-state index in [0.717, 1.165) is 6.54 Å². The maximum absolute atomic E-state index is 4.38. The van der Waals surface area contributed by atoms with Crippen molar-refractivity contribution < 1.29 is 0 Å². The van der Waals surface area contributed by atoms with Gasteiger partial charge in [0, 0.05) is 30.1 Å². The van der Waals surface area contributed by atoms with Gasteiger partial charge in [-0.1, -0.05) is 45.0 Å². The second-order valence-corrected chi connectivity index (χ2v) is 6.65. The van der Waals surface area contributed by atoms with Crippen LogP contribution in [-0.2, 0) is 0 Å². The van der Waals surface area contributed by atoms with Gasteiger partial charge >= 0.3 is 0 Å². The number of nitrogens with zero attached hydrogens (tertiary/aromatic N) is 1. The second kappa shape index (κ2) is 7.00. The molecule has 2 nitrogen and oxygen atoms in total. The maximum Gasteiger partial charge on any atom is 0.0965 e. The van der Waals surface area contributed by atoms with Crippen molar-refractivity contribution in [1.82, 2.24) is 10.3 Å². The lowest BCUT2D eigenvalue weighted by Gasteiger charge is -2.17. The summed E-state index contributed by atoms with van der Waals surface area (Å²) in [6.07, 6.45) is 1.88. The van der Waals surface area contributed by atoms with Crippen LogP contribution in [0.25, 0.3) is 0 Å². The molecule has 0 aliphatic heterocycles. The molecule has 20 heavy (non-hydrogen) atoms. The summed E-state index contributed by atoms with van der Waals surface area (Å²) in [4.78, 5) is 4.38. The zero-order chi connectivity index (χ0) is 14.5. The number of benzene rings is 1. The molecule has 3 heteroatoms. The van der Waals surface area contributed by atoms with Crippen LogP contribution in [0, 0.1) is 0 Å². The number of hydrogen-bond donors (Lipinski definition) is 1. The summed E-state index contributed by atoms with van der Waals surface area (Å²) in [6.45, 7) is 9.86. The topological polar surface area (TPSA) is 24.9 Å². The van der Waals surface area contributed by atoms with Crippen molar-refractivity contribution in [1.29, 1.82) is 0 Å². The molecule has 0 saturated carbocycles. The van der Waals surface area contributed by atoms with Gasteiger partial charge in [0.1, 0.15) is 0 Å². The summed E-state index contributed by atoms with van der Waals surface area (Å²) < 4.78 is 0. The Morgan fingerprint density at radius 1 is 1.05 bits per heavy atom. The molecule has 0 fully saturated rings. The summed E-state index contributed by atoms with van der Waals surface area (Å²) in [6, 6.07) is 9.33. The molecule has 2 aromatic rings. The fourth-order valence-electron chi connectivity index (χ4n) is 2.21. The first-order valence-corrected chi connectivity index (χ1v) is 8.18. The Hall–Kier alpha value is -1.19. The van der Waals surface area contributed by atoms with Crippen LogP contribution in [0.2, 0.25) is 0 Å². The predicted molar refractivity (Wildman–Crippen MR) is 87.5 cm³/mol. The van der Waals surface area contributed by atoms with Crippen LogP contribution in [0.15, 0.2) is 35.8 Å². The summed E-state index contributed by atoms with van der Waals surface area (Å²) in [5, 5.41) is 6.85. The van der Waals surface area contributed by atoms with Crippen molar-refractivity contribution in [3.63, 3.8) is 0 Å². The van der Waals surface area contributed by atoms with E-state index in [2.05, 4.69) is 62.3 Å². The number of thiazole rings is 1. The average molecular weight is 288 g/mol. The Labute approximate surface area is 126 Å². The number of nitrogens with one attached hydrogen (secondary N) is 1.